The first-order valence-electron chi connectivity index (χ1n) is 16.0. The highest BCUT2D eigenvalue weighted by molar-refractivity contribution is 7.19. The van der Waals surface area contributed by atoms with Gasteiger partial charge in [-0.2, -0.15) is 13.2 Å². The predicted molar refractivity (Wildman–Crippen MR) is 179 cm³/mol. The Kier molecular flexibility index (Phi) is 11.3. The molecule has 16 heteroatoms. The molecule has 3 aliphatic heterocycles. The first kappa shape index (κ1) is 35.9. The van der Waals surface area contributed by atoms with Crippen molar-refractivity contribution in [2.75, 3.05) is 57.9 Å². The Morgan fingerprint density at radius 1 is 1.20 bits per heavy atom. The Morgan fingerprint density at radius 2 is 1.96 bits per heavy atom. The summed E-state index contributed by atoms with van der Waals surface area (Å²) in [5.41, 5.74) is 3.64. The number of amides is 1. The number of pyridine rings is 2. The first-order valence-corrected chi connectivity index (χ1v) is 16.9. The number of allylic oxidation sites excluding steroid dienone is 1. The number of fused-ring (bicyclic) bond motifs is 2. The van der Waals surface area contributed by atoms with Crippen LogP contribution in [0.3, 0.4) is 0 Å². The monoisotopic (exact) mass is 704 g/mol. The molecule has 1 amide bonds. The summed E-state index contributed by atoms with van der Waals surface area (Å²) in [6.45, 7) is 8.62. The normalized spacial score (nSPS) is 16.0. The Balaban J connectivity index is 0.000000409. The highest BCUT2D eigenvalue weighted by Gasteiger charge is 2.31. The fourth-order valence-corrected chi connectivity index (χ4v) is 7.12. The summed E-state index contributed by atoms with van der Waals surface area (Å²) in [5.74, 6) is 0.0495. The van der Waals surface area contributed by atoms with Gasteiger partial charge in [-0.3, -0.25) is 9.59 Å². The second-order valence-corrected chi connectivity index (χ2v) is 12.6. The van der Waals surface area contributed by atoms with Crippen molar-refractivity contribution in [3.63, 3.8) is 0 Å². The van der Waals surface area contributed by atoms with Crippen LogP contribution in [0.4, 0.5) is 18.9 Å². The molecule has 264 valence electrons. The molecular weight excluding hydrogens is 665 g/mol. The molecule has 0 aromatic carbocycles. The molecular formula is C33H39F3N6O6S. The van der Waals surface area contributed by atoms with Crippen LogP contribution in [0.15, 0.2) is 29.3 Å². The van der Waals surface area contributed by atoms with Crippen LogP contribution < -0.4 is 20.4 Å². The highest BCUT2D eigenvalue weighted by Crippen LogP contribution is 2.35. The summed E-state index contributed by atoms with van der Waals surface area (Å²) in [6.07, 6.45) is 1.25. The summed E-state index contributed by atoms with van der Waals surface area (Å²) < 4.78 is 47.2. The lowest BCUT2D eigenvalue weighted by Gasteiger charge is -2.37. The Labute approximate surface area is 284 Å². The van der Waals surface area contributed by atoms with Crippen LogP contribution in [0.2, 0.25) is 0 Å². The molecule has 0 saturated carbocycles. The van der Waals surface area contributed by atoms with E-state index in [-0.39, 0.29) is 35.7 Å². The van der Waals surface area contributed by atoms with Crippen LogP contribution >= 0.6 is 11.3 Å². The average molecular weight is 705 g/mol. The molecule has 0 atom stereocenters. The minimum Gasteiger partial charge on any atom is -0.505 e. The van der Waals surface area contributed by atoms with Crippen molar-refractivity contribution in [3.8, 4) is 11.5 Å². The van der Waals surface area contributed by atoms with Gasteiger partial charge in [-0.25, -0.2) is 9.97 Å². The van der Waals surface area contributed by atoms with E-state index < -0.39 is 12.6 Å². The lowest BCUT2D eigenvalue weighted by molar-refractivity contribution is -0.134. The number of carbonyl (C=O) groups is 2. The average Bonchev–Trinajstić information content (AvgIpc) is 3.78. The third-order valence-corrected chi connectivity index (χ3v) is 9.75. The maximum atomic E-state index is 13.9. The van der Waals surface area contributed by atoms with E-state index in [2.05, 4.69) is 16.9 Å². The Bertz CT molecular complexity index is 1810. The zero-order chi connectivity index (χ0) is 35.3. The predicted octanol–water partition coefficient (Wildman–Crippen LogP) is 4.08. The topological polar surface area (TPSA) is 139 Å². The van der Waals surface area contributed by atoms with E-state index in [1.165, 1.54) is 17.5 Å². The van der Waals surface area contributed by atoms with Gasteiger partial charge in [-0.1, -0.05) is 30.9 Å². The molecule has 49 heavy (non-hydrogen) atoms. The molecule has 0 radical (unpaired) electrons. The number of carbonyl (C=O) groups excluding carboxylic acids is 2. The van der Waals surface area contributed by atoms with Gasteiger partial charge in [-0.15, -0.1) is 0 Å². The van der Waals surface area contributed by atoms with Gasteiger partial charge in [0.1, 0.15) is 33.1 Å². The van der Waals surface area contributed by atoms with Gasteiger partial charge in [0.25, 0.3) is 5.91 Å². The van der Waals surface area contributed by atoms with Crippen molar-refractivity contribution in [2.45, 2.75) is 51.7 Å². The molecule has 1 saturated heterocycles. The quantitative estimate of drug-likeness (QED) is 0.314. The molecule has 12 nitrogen and oxygen atoms in total. The molecule has 2 N–H and O–H groups in total. The van der Waals surface area contributed by atoms with E-state index in [1.807, 2.05) is 22.5 Å². The fraction of sp³-hybridized carbons (Fsp3) is 0.485. The second-order valence-electron chi connectivity index (χ2n) is 11.6. The molecule has 0 aliphatic carbocycles. The van der Waals surface area contributed by atoms with Crippen molar-refractivity contribution in [1.29, 1.82) is 0 Å². The van der Waals surface area contributed by atoms with Crippen molar-refractivity contribution in [1.82, 2.24) is 24.8 Å². The van der Waals surface area contributed by atoms with Gasteiger partial charge in [0, 0.05) is 63.0 Å². The number of aromatic hydroxyl groups is 1. The van der Waals surface area contributed by atoms with E-state index in [1.54, 1.807) is 11.9 Å². The molecule has 3 aromatic heterocycles. The maximum absolute atomic E-state index is 13.9. The third kappa shape index (κ3) is 7.90. The van der Waals surface area contributed by atoms with E-state index in [0.717, 1.165) is 29.0 Å². The number of rotatable bonds is 9. The maximum Gasteiger partial charge on any atom is 0.389 e. The molecule has 6 rings (SSSR count). The SMILES string of the molecule is C=C(CCC(F)(F)F)NC.CCc1c(N2CCN(C(=O)c3ncc4c(c3O)CCO4)CC2)c(=O)c2nc(C3=CCOCC3)sc2n1CC=O. The summed E-state index contributed by atoms with van der Waals surface area (Å²) in [4.78, 5) is 52.0. The number of nitrogens with zero attached hydrogens (tertiary/aromatic N) is 5. The van der Waals surface area contributed by atoms with Gasteiger partial charge < -0.3 is 39.1 Å². The number of hydrogen-bond donors (Lipinski definition) is 2. The number of hydrogen-bond acceptors (Lipinski definition) is 11. The van der Waals surface area contributed by atoms with Crippen molar-refractivity contribution in [2.24, 2.45) is 0 Å². The van der Waals surface area contributed by atoms with E-state index >= 15 is 0 Å². The lowest BCUT2D eigenvalue weighted by atomic mass is 10.1. The fourth-order valence-electron chi connectivity index (χ4n) is 5.96. The number of aromatic nitrogens is 3. The number of ether oxygens (including phenoxy) is 2. The summed E-state index contributed by atoms with van der Waals surface area (Å²) >= 11 is 1.44. The summed E-state index contributed by atoms with van der Waals surface area (Å²) in [5, 5.41) is 14.0. The molecule has 3 aliphatic rings. The highest BCUT2D eigenvalue weighted by atomic mass is 32.1. The van der Waals surface area contributed by atoms with E-state index in [9.17, 15) is 32.7 Å². The number of nitrogens with one attached hydrogen (secondary N) is 1. The number of anilines is 1. The second kappa shape index (κ2) is 15.4. The van der Waals surface area contributed by atoms with Crippen LogP contribution in [-0.4, -0.2) is 96.0 Å². The number of alkyl halides is 3. The van der Waals surface area contributed by atoms with Crippen LogP contribution in [0, 0.1) is 0 Å². The zero-order valence-corrected chi connectivity index (χ0v) is 28.2. The van der Waals surface area contributed by atoms with Crippen LogP contribution in [0.25, 0.3) is 15.9 Å². The van der Waals surface area contributed by atoms with Gasteiger partial charge in [0.05, 0.1) is 32.6 Å². The largest absolute Gasteiger partial charge is 0.505 e. The van der Waals surface area contributed by atoms with E-state index in [0.29, 0.717) is 91.9 Å². The minimum atomic E-state index is -4.07. The number of halogens is 3. The van der Waals surface area contributed by atoms with Gasteiger partial charge >= 0.3 is 6.18 Å². The van der Waals surface area contributed by atoms with Gasteiger partial charge in [-0.05, 0) is 24.8 Å². The number of aldehydes is 1. The van der Waals surface area contributed by atoms with Gasteiger partial charge in [0.15, 0.2) is 11.4 Å². The van der Waals surface area contributed by atoms with Crippen LogP contribution in [0.5, 0.6) is 11.5 Å². The minimum absolute atomic E-state index is 0.0223. The zero-order valence-electron chi connectivity index (χ0n) is 27.4. The van der Waals surface area contributed by atoms with Crippen LogP contribution in [-0.2, 0) is 28.9 Å². The molecule has 0 unspecified atom stereocenters. The number of piperazine rings is 1. The third-order valence-electron chi connectivity index (χ3n) is 8.59. The van der Waals surface area contributed by atoms with Gasteiger partial charge in [0.2, 0.25) is 5.43 Å². The summed E-state index contributed by atoms with van der Waals surface area (Å²) in [6, 6.07) is 0. The van der Waals surface area contributed by atoms with E-state index in [4.69, 9.17) is 14.5 Å². The Morgan fingerprint density at radius 3 is 2.59 bits per heavy atom. The van der Waals surface area contributed by atoms with Crippen molar-refractivity contribution in [3.05, 3.63) is 56.7 Å². The summed E-state index contributed by atoms with van der Waals surface area (Å²) in [7, 11) is 1.55. The number of thiazole rings is 1. The molecule has 0 spiro atoms. The van der Waals surface area contributed by atoms with Crippen LogP contribution in [0.1, 0.15) is 52.9 Å². The molecule has 6 heterocycles. The lowest BCUT2D eigenvalue weighted by Crippen LogP contribution is -2.50. The van der Waals surface area contributed by atoms with Crippen molar-refractivity contribution < 1.29 is 37.3 Å². The first-order chi connectivity index (χ1) is 23.5. The molecule has 0 bridgehead atoms. The van der Waals surface area contributed by atoms with Crippen molar-refractivity contribution >= 4 is 45.1 Å². The standard InChI is InChI=1S/C27H29N5O6S.C6H10F3N/c1-2-18-22(24(35)21-27(32(18)10-11-33)39-25(29-21)16-3-12-37-13-4-16)30-6-8-31(9-7-30)26(36)20-23(34)17-5-14-38-19(17)15-28-20;1-5(10-2)3-4-6(7,8)9/h3,11,15,34H,2,4-10,12-14H2,1H3;10H,1,3-4H2,2H3. The Hall–Kier alpha value is -4.44. The smallest absolute Gasteiger partial charge is 0.389 e. The molecule has 3 aromatic rings. The molecule has 1 fully saturated rings.